The molecule has 0 bridgehead atoms. The second kappa shape index (κ2) is 8.53. The first-order valence-corrected chi connectivity index (χ1v) is 6.47. The highest BCUT2D eigenvalue weighted by Gasteiger charge is 1.97. The first kappa shape index (κ1) is 14.5. The van der Waals surface area contributed by atoms with E-state index in [0.717, 1.165) is 31.5 Å². The van der Waals surface area contributed by atoms with E-state index in [1.807, 2.05) is 12.1 Å². The van der Waals surface area contributed by atoms with Crippen molar-refractivity contribution in [3.8, 4) is 0 Å². The topological polar surface area (TPSA) is 75.3 Å². The van der Waals surface area contributed by atoms with Gasteiger partial charge in [-0.15, -0.1) is 0 Å². The fourth-order valence-electron chi connectivity index (χ4n) is 1.74. The van der Waals surface area contributed by atoms with Gasteiger partial charge in [0.15, 0.2) is 0 Å². The molecule has 4 nitrogen and oxygen atoms in total. The number of carboxylic acid groups (broad SMARTS) is 1. The quantitative estimate of drug-likeness (QED) is 0.588. The van der Waals surface area contributed by atoms with Crippen molar-refractivity contribution in [3.63, 3.8) is 0 Å². The van der Waals surface area contributed by atoms with Crippen LogP contribution in [0.2, 0.25) is 0 Å². The summed E-state index contributed by atoms with van der Waals surface area (Å²) in [5, 5.41) is 11.7. The van der Waals surface area contributed by atoms with Crippen LogP contribution in [0.15, 0.2) is 24.3 Å². The van der Waals surface area contributed by atoms with E-state index in [1.165, 1.54) is 5.56 Å². The van der Waals surface area contributed by atoms with Crippen LogP contribution < -0.4 is 11.1 Å². The Morgan fingerprint density at radius 1 is 1.17 bits per heavy atom. The van der Waals surface area contributed by atoms with Crippen LogP contribution in [-0.4, -0.2) is 24.2 Å². The summed E-state index contributed by atoms with van der Waals surface area (Å²) in [6.45, 7) is 1.45. The fourth-order valence-corrected chi connectivity index (χ4v) is 1.74. The number of rotatable bonds is 9. The van der Waals surface area contributed by atoms with Gasteiger partial charge < -0.3 is 16.2 Å². The highest BCUT2D eigenvalue weighted by Crippen LogP contribution is 2.11. The summed E-state index contributed by atoms with van der Waals surface area (Å²) in [6, 6.07) is 8.29. The summed E-state index contributed by atoms with van der Waals surface area (Å²) in [5.41, 5.74) is 7.82. The number of carboxylic acids is 1. The van der Waals surface area contributed by atoms with Gasteiger partial charge in [-0.1, -0.05) is 12.1 Å². The molecule has 0 heterocycles. The maximum Gasteiger partial charge on any atom is 0.303 e. The minimum Gasteiger partial charge on any atom is -0.481 e. The summed E-state index contributed by atoms with van der Waals surface area (Å²) in [5.74, 6) is -0.743. The molecule has 0 amide bonds. The predicted molar refractivity (Wildman–Crippen MR) is 73.8 cm³/mol. The lowest BCUT2D eigenvalue weighted by molar-refractivity contribution is -0.137. The molecule has 0 aliphatic rings. The number of hydrogen-bond acceptors (Lipinski definition) is 3. The van der Waals surface area contributed by atoms with Crippen molar-refractivity contribution in [2.45, 2.75) is 32.1 Å². The molecule has 100 valence electrons. The molecule has 18 heavy (non-hydrogen) atoms. The van der Waals surface area contributed by atoms with E-state index >= 15 is 0 Å². The number of nitrogens with two attached hydrogens (primary N) is 1. The van der Waals surface area contributed by atoms with Gasteiger partial charge in [-0.2, -0.15) is 0 Å². The Morgan fingerprint density at radius 3 is 2.50 bits per heavy atom. The highest BCUT2D eigenvalue weighted by atomic mass is 16.4. The molecule has 0 spiro atoms. The number of benzene rings is 1. The third-order valence-electron chi connectivity index (χ3n) is 2.77. The Hall–Kier alpha value is -1.55. The van der Waals surface area contributed by atoms with Crippen LogP contribution >= 0.6 is 0 Å². The Labute approximate surface area is 108 Å². The lowest BCUT2D eigenvalue weighted by Gasteiger charge is -2.06. The molecule has 0 radical (unpaired) electrons. The minimum absolute atomic E-state index is 0.212. The molecule has 1 aromatic carbocycles. The molecule has 0 saturated heterocycles. The van der Waals surface area contributed by atoms with Crippen LogP contribution in [0.25, 0.3) is 0 Å². The minimum atomic E-state index is -0.743. The standard InChI is InChI=1S/C14H22N2O2/c15-10-2-1-4-12-6-8-13(9-7-12)16-11-3-5-14(17)18/h6-9,16H,1-5,10-11,15H2,(H,17,18). The largest absolute Gasteiger partial charge is 0.481 e. The molecule has 0 aromatic heterocycles. The second-order valence-electron chi connectivity index (χ2n) is 4.37. The van der Waals surface area contributed by atoms with Gasteiger partial charge in [0.2, 0.25) is 0 Å². The van der Waals surface area contributed by atoms with Crippen LogP contribution in [0.3, 0.4) is 0 Å². The van der Waals surface area contributed by atoms with E-state index in [1.54, 1.807) is 0 Å². The Kier molecular flexibility index (Phi) is 6.87. The maximum absolute atomic E-state index is 10.3. The molecule has 0 aliphatic heterocycles. The van der Waals surface area contributed by atoms with Crippen LogP contribution in [0.4, 0.5) is 5.69 Å². The summed E-state index contributed by atoms with van der Waals surface area (Å²) in [7, 11) is 0. The molecular weight excluding hydrogens is 228 g/mol. The van der Waals surface area contributed by atoms with Crippen molar-refractivity contribution in [2.75, 3.05) is 18.4 Å². The average Bonchev–Trinajstić information content (AvgIpc) is 2.36. The number of unbranched alkanes of at least 4 members (excludes halogenated alkanes) is 1. The maximum atomic E-state index is 10.3. The molecular formula is C14H22N2O2. The predicted octanol–water partition coefficient (Wildman–Crippen LogP) is 2.24. The zero-order chi connectivity index (χ0) is 13.2. The number of aliphatic carboxylic acids is 1. The smallest absolute Gasteiger partial charge is 0.303 e. The fraction of sp³-hybridized carbons (Fsp3) is 0.500. The molecule has 0 aliphatic carbocycles. The van der Waals surface area contributed by atoms with Gasteiger partial charge in [-0.05, 0) is 49.9 Å². The molecule has 4 heteroatoms. The summed E-state index contributed by atoms with van der Waals surface area (Å²) >= 11 is 0. The van der Waals surface area contributed by atoms with E-state index < -0.39 is 5.97 Å². The van der Waals surface area contributed by atoms with Gasteiger partial charge in [0.05, 0.1) is 0 Å². The summed E-state index contributed by atoms with van der Waals surface area (Å²) < 4.78 is 0. The molecule has 0 fully saturated rings. The van der Waals surface area contributed by atoms with Gasteiger partial charge in [-0.3, -0.25) is 4.79 Å². The monoisotopic (exact) mass is 250 g/mol. The van der Waals surface area contributed by atoms with Crippen LogP contribution in [0.1, 0.15) is 31.2 Å². The summed E-state index contributed by atoms with van der Waals surface area (Å²) in [4.78, 5) is 10.3. The van der Waals surface area contributed by atoms with Crippen molar-refractivity contribution >= 4 is 11.7 Å². The van der Waals surface area contributed by atoms with Crippen molar-refractivity contribution in [1.82, 2.24) is 0 Å². The van der Waals surface area contributed by atoms with Crippen LogP contribution in [0, 0.1) is 0 Å². The third kappa shape index (κ3) is 6.25. The third-order valence-corrected chi connectivity index (χ3v) is 2.77. The van der Waals surface area contributed by atoms with Gasteiger partial charge in [0.25, 0.3) is 0 Å². The number of nitrogens with one attached hydrogen (secondary N) is 1. The Bertz CT molecular complexity index is 349. The average molecular weight is 250 g/mol. The van der Waals surface area contributed by atoms with E-state index in [2.05, 4.69) is 17.4 Å². The van der Waals surface area contributed by atoms with E-state index in [0.29, 0.717) is 13.0 Å². The number of aryl methyl sites for hydroxylation is 1. The molecule has 0 saturated carbocycles. The van der Waals surface area contributed by atoms with Crippen molar-refractivity contribution in [1.29, 1.82) is 0 Å². The lowest BCUT2D eigenvalue weighted by atomic mass is 10.1. The first-order valence-electron chi connectivity index (χ1n) is 6.47. The van der Waals surface area contributed by atoms with E-state index in [-0.39, 0.29) is 6.42 Å². The van der Waals surface area contributed by atoms with E-state index in [9.17, 15) is 4.79 Å². The number of carbonyl (C=O) groups is 1. The van der Waals surface area contributed by atoms with Crippen molar-refractivity contribution < 1.29 is 9.90 Å². The van der Waals surface area contributed by atoms with Crippen LogP contribution in [-0.2, 0) is 11.2 Å². The highest BCUT2D eigenvalue weighted by molar-refractivity contribution is 5.66. The lowest BCUT2D eigenvalue weighted by Crippen LogP contribution is -2.04. The van der Waals surface area contributed by atoms with Gasteiger partial charge in [0, 0.05) is 18.7 Å². The van der Waals surface area contributed by atoms with Gasteiger partial charge in [-0.25, -0.2) is 0 Å². The van der Waals surface area contributed by atoms with Crippen LogP contribution in [0.5, 0.6) is 0 Å². The normalized spacial score (nSPS) is 10.3. The summed E-state index contributed by atoms with van der Waals surface area (Å²) in [6.07, 6.45) is 4.12. The SMILES string of the molecule is NCCCCc1ccc(NCCCC(=O)O)cc1. The molecule has 0 atom stereocenters. The number of hydrogen-bond donors (Lipinski definition) is 3. The van der Waals surface area contributed by atoms with Gasteiger partial charge >= 0.3 is 5.97 Å². The molecule has 4 N–H and O–H groups in total. The zero-order valence-electron chi connectivity index (χ0n) is 10.7. The Balaban J connectivity index is 2.25. The zero-order valence-corrected chi connectivity index (χ0v) is 10.7. The number of anilines is 1. The second-order valence-corrected chi connectivity index (χ2v) is 4.37. The molecule has 1 rings (SSSR count). The molecule has 1 aromatic rings. The first-order chi connectivity index (χ1) is 8.72. The van der Waals surface area contributed by atoms with E-state index in [4.69, 9.17) is 10.8 Å². The Morgan fingerprint density at radius 2 is 1.89 bits per heavy atom. The van der Waals surface area contributed by atoms with Gasteiger partial charge in [0.1, 0.15) is 0 Å². The van der Waals surface area contributed by atoms with Crippen molar-refractivity contribution in [3.05, 3.63) is 29.8 Å². The molecule has 0 unspecified atom stereocenters. The van der Waals surface area contributed by atoms with Crippen molar-refractivity contribution in [2.24, 2.45) is 5.73 Å².